The molecule has 5 rings (SSSR count). The van der Waals surface area contributed by atoms with Crippen LogP contribution in [-0.2, 0) is 0 Å². The quantitative estimate of drug-likeness (QED) is 0.199. The summed E-state index contributed by atoms with van der Waals surface area (Å²) in [7, 11) is 3.75. The summed E-state index contributed by atoms with van der Waals surface area (Å²) >= 11 is 0. The monoisotopic (exact) mass is 549 g/mol. The van der Waals surface area contributed by atoms with Gasteiger partial charge in [-0.1, -0.05) is 170 Å². The molecule has 0 spiro atoms. The second kappa shape index (κ2) is 19.8. The van der Waals surface area contributed by atoms with Crippen LogP contribution in [0.25, 0.3) is 0 Å². The zero-order chi connectivity index (χ0) is 22.5. The first kappa shape index (κ1) is 28.1. The first-order valence-corrected chi connectivity index (χ1v) is 11.3. The Kier molecular flexibility index (Phi) is 16.9. The van der Waals surface area contributed by atoms with Crippen molar-refractivity contribution in [1.82, 2.24) is 0 Å². The van der Waals surface area contributed by atoms with Gasteiger partial charge in [-0.15, -0.1) is 0 Å². The van der Waals surface area contributed by atoms with Crippen molar-refractivity contribution in [3.05, 3.63) is 181 Å². The molecule has 2 heteroatoms. The Morgan fingerprint density at radius 2 is 0.455 bits per heavy atom. The van der Waals surface area contributed by atoms with Crippen LogP contribution in [-0.4, -0.2) is 34.2 Å². The zero-order valence-corrected chi connectivity index (χ0v) is 22.6. The fraction of sp³-hybridized carbons (Fsp3) is 0.0323. The maximum atomic E-state index is 3.75. The molecular weight excluding hydrogens is 519 g/mol. The fourth-order valence-corrected chi connectivity index (χ4v) is 3.02. The van der Waals surface area contributed by atoms with E-state index in [0.29, 0.717) is 0 Å². The SMILES string of the molecule is [Si]C(c1ccccc1)c1ccccc1.[Sn].c1ccccc1.c1ccccc1.c1ccccc1. The average Bonchev–Trinajstić information content (AvgIpc) is 2.93. The third kappa shape index (κ3) is 14.0. The van der Waals surface area contributed by atoms with E-state index in [-0.39, 0.29) is 29.4 Å². The summed E-state index contributed by atoms with van der Waals surface area (Å²) in [6.45, 7) is 0. The van der Waals surface area contributed by atoms with E-state index in [0.717, 1.165) is 0 Å². The van der Waals surface area contributed by atoms with Crippen molar-refractivity contribution in [3.8, 4) is 0 Å². The van der Waals surface area contributed by atoms with Gasteiger partial charge in [0.2, 0.25) is 0 Å². The van der Waals surface area contributed by atoms with E-state index in [1.807, 2.05) is 121 Å². The number of hydrogen-bond donors (Lipinski definition) is 0. The van der Waals surface area contributed by atoms with E-state index < -0.39 is 0 Å². The number of rotatable bonds is 2. The second-order valence-electron chi connectivity index (χ2n) is 6.72. The summed E-state index contributed by atoms with van der Waals surface area (Å²) in [5.41, 5.74) is 2.86. The Bertz CT molecular complexity index is 814. The summed E-state index contributed by atoms with van der Waals surface area (Å²) < 4.78 is 0. The maximum Gasteiger partial charge on any atom is 0.0396 e. The minimum absolute atomic E-state index is 0. The molecule has 0 aromatic heterocycles. The summed E-state index contributed by atoms with van der Waals surface area (Å²) in [6, 6.07) is 56.8. The van der Waals surface area contributed by atoms with E-state index in [2.05, 4.69) is 58.8 Å². The molecule has 0 heterocycles. The minimum atomic E-state index is 0. The molecule has 0 N–H and O–H groups in total. The fourth-order valence-electron chi connectivity index (χ4n) is 2.64. The molecule has 161 valence electrons. The van der Waals surface area contributed by atoms with Crippen LogP contribution in [0.4, 0.5) is 0 Å². The Morgan fingerprint density at radius 1 is 0.303 bits per heavy atom. The van der Waals surface area contributed by atoms with Crippen molar-refractivity contribution in [1.29, 1.82) is 0 Å². The van der Waals surface area contributed by atoms with Crippen LogP contribution in [0.3, 0.4) is 0 Å². The zero-order valence-electron chi connectivity index (χ0n) is 18.7. The smallest absolute Gasteiger partial charge is 0.0396 e. The van der Waals surface area contributed by atoms with E-state index in [9.17, 15) is 0 Å². The van der Waals surface area contributed by atoms with Crippen LogP contribution >= 0.6 is 0 Å². The standard InChI is InChI=1S/C13H11Si.3C6H6.Sn/c14-13(11-7-3-1-4-8-11)12-9-5-2-6-10-12;3*1-2-4-6-5-3-1;/h1-10,13H;3*1-6H;. The molecule has 33 heavy (non-hydrogen) atoms. The Balaban J connectivity index is 0.000000240. The third-order valence-corrected chi connectivity index (χ3v) is 4.93. The van der Waals surface area contributed by atoms with Crippen molar-refractivity contribution in [3.63, 3.8) is 0 Å². The molecule has 0 saturated heterocycles. The number of benzene rings is 5. The molecule has 0 amide bonds. The van der Waals surface area contributed by atoms with E-state index >= 15 is 0 Å². The largest absolute Gasteiger partial charge is 0.0623 e. The van der Waals surface area contributed by atoms with Gasteiger partial charge in [0.05, 0.1) is 0 Å². The summed E-state index contributed by atoms with van der Waals surface area (Å²) in [5.74, 6) is 0. The Labute approximate surface area is 219 Å². The Morgan fingerprint density at radius 3 is 0.636 bits per heavy atom. The molecule has 7 radical (unpaired) electrons. The topological polar surface area (TPSA) is 0 Å². The predicted octanol–water partition coefficient (Wildman–Crippen LogP) is 7.62. The minimum Gasteiger partial charge on any atom is -0.0623 e. The van der Waals surface area contributed by atoms with Crippen molar-refractivity contribution < 1.29 is 0 Å². The molecule has 0 atom stereocenters. The molecule has 0 saturated carbocycles. The first-order chi connectivity index (χ1) is 15.9. The van der Waals surface area contributed by atoms with Crippen molar-refractivity contribution >= 4 is 34.2 Å². The van der Waals surface area contributed by atoms with E-state index in [1.54, 1.807) is 0 Å². The molecule has 5 aromatic rings. The molecular formula is C31H29SiSn. The van der Waals surface area contributed by atoms with Gasteiger partial charge in [-0.2, -0.15) is 0 Å². The molecule has 0 nitrogen and oxygen atoms in total. The van der Waals surface area contributed by atoms with Gasteiger partial charge >= 0.3 is 0 Å². The van der Waals surface area contributed by atoms with Gasteiger partial charge in [0, 0.05) is 34.2 Å². The van der Waals surface area contributed by atoms with Crippen LogP contribution in [0.5, 0.6) is 0 Å². The Hall–Kier alpha value is -2.88. The average molecular weight is 548 g/mol. The van der Waals surface area contributed by atoms with Crippen LogP contribution in [0, 0.1) is 0 Å². The maximum absolute atomic E-state index is 3.75. The van der Waals surface area contributed by atoms with Gasteiger partial charge in [-0.3, -0.25) is 0 Å². The molecule has 0 bridgehead atoms. The van der Waals surface area contributed by atoms with Gasteiger partial charge in [-0.05, 0) is 16.7 Å². The molecule has 0 aliphatic heterocycles. The molecule has 5 aromatic carbocycles. The van der Waals surface area contributed by atoms with Gasteiger partial charge in [0.15, 0.2) is 0 Å². The van der Waals surface area contributed by atoms with Crippen LogP contribution in [0.1, 0.15) is 16.7 Å². The van der Waals surface area contributed by atoms with Crippen LogP contribution in [0.15, 0.2) is 170 Å². The third-order valence-electron chi connectivity index (χ3n) is 4.27. The van der Waals surface area contributed by atoms with E-state index in [4.69, 9.17) is 0 Å². The van der Waals surface area contributed by atoms with Crippen LogP contribution < -0.4 is 0 Å². The van der Waals surface area contributed by atoms with Crippen molar-refractivity contribution in [2.24, 2.45) is 0 Å². The molecule has 0 fully saturated rings. The van der Waals surface area contributed by atoms with Crippen molar-refractivity contribution in [2.75, 3.05) is 0 Å². The second-order valence-corrected chi connectivity index (χ2v) is 7.30. The van der Waals surface area contributed by atoms with Gasteiger partial charge in [0.1, 0.15) is 0 Å². The number of hydrogen-bond acceptors (Lipinski definition) is 0. The summed E-state index contributed by atoms with van der Waals surface area (Å²) in [6.07, 6.45) is 0. The van der Waals surface area contributed by atoms with Crippen molar-refractivity contribution in [2.45, 2.75) is 5.54 Å². The normalized spacial score (nSPS) is 8.79. The van der Waals surface area contributed by atoms with Gasteiger partial charge in [0.25, 0.3) is 0 Å². The van der Waals surface area contributed by atoms with Gasteiger partial charge < -0.3 is 0 Å². The van der Waals surface area contributed by atoms with Gasteiger partial charge in [-0.25, -0.2) is 0 Å². The molecule has 0 aliphatic carbocycles. The van der Waals surface area contributed by atoms with Crippen LogP contribution in [0.2, 0.25) is 0 Å². The first-order valence-electron chi connectivity index (χ1n) is 10.7. The summed E-state index contributed by atoms with van der Waals surface area (Å²) in [5, 5.41) is 0. The molecule has 0 aliphatic rings. The summed E-state index contributed by atoms with van der Waals surface area (Å²) in [4.78, 5) is 0. The van der Waals surface area contributed by atoms with E-state index in [1.165, 1.54) is 11.1 Å². The molecule has 0 unspecified atom stereocenters. The predicted molar refractivity (Wildman–Crippen MR) is 146 cm³/mol.